The van der Waals surface area contributed by atoms with Gasteiger partial charge in [0.2, 0.25) is 0 Å². The van der Waals surface area contributed by atoms with Gasteiger partial charge in [-0.25, -0.2) is 4.98 Å². The molecule has 1 aromatic heterocycles. The van der Waals surface area contributed by atoms with Crippen LogP contribution in [0.15, 0.2) is 22.8 Å². The van der Waals surface area contributed by atoms with E-state index in [0.29, 0.717) is 12.1 Å². The molecule has 2 atom stereocenters. The molecule has 2 aliphatic rings. The largest absolute Gasteiger partial charge is 0.374 e. The molecule has 3 rings (SSSR count). The lowest BCUT2D eigenvalue weighted by Crippen LogP contribution is -2.53. The minimum absolute atomic E-state index is 0.409. The van der Waals surface area contributed by atoms with Crippen LogP contribution in [0.5, 0.6) is 0 Å². The summed E-state index contributed by atoms with van der Waals surface area (Å²) in [4.78, 5) is 6.94. The SMILES string of the molecule is Brc1cccnc1N1CCOC2CCCCC21. The van der Waals surface area contributed by atoms with Crippen LogP contribution in [0.1, 0.15) is 25.7 Å². The number of ether oxygens (including phenoxy) is 1. The number of nitrogens with zero attached hydrogens (tertiary/aromatic N) is 2. The molecule has 1 saturated heterocycles. The van der Waals surface area contributed by atoms with Crippen molar-refractivity contribution < 1.29 is 4.74 Å². The van der Waals surface area contributed by atoms with Crippen LogP contribution in [-0.4, -0.2) is 30.3 Å². The highest BCUT2D eigenvalue weighted by molar-refractivity contribution is 9.10. The third-order valence-electron chi connectivity index (χ3n) is 3.74. The molecule has 1 saturated carbocycles. The third-order valence-corrected chi connectivity index (χ3v) is 4.36. The second kappa shape index (κ2) is 4.94. The van der Waals surface area contributed by atoms with Gasteiger partial charge in [0.1, 0.15) is 5.82 Å². The lowest BCUT2D eigenvalue weighted by atomic mass is 9.90. The van der Waals surface area contributed by atoms with Gasteiger partial charge in [-0.3, -0.25) is 0 Å². The third kappa shape index (κ3) is 2.20. The second-order valence-electron chi connectivity index (χ2n) is 4.76. The van der Waals surface area contributed by atoms with Gasteiger partial charge in [-0.15, -0.1) is 0 Å². The highest BCUT2D eigenvalue weighted by Crippen LogP contribution is 2.33. The van der Waals surface area contributed by atoms with Crippen LogP contribution in [0.4, 0.5) is 5.82 Å². The number of morpholine rings is 1. The fourth-order valence-corrected chi connectivity index (χ4v) is 3.43. The van der Waals surface area contributed by atoms with Crippen LogP contribution in [-0.2, 0) is 4.74 Å². The number of hydrogen-bond acceptors (Lipinski definition) is 3. The predicted molar refractivity (Wildman–Crippen MR) is 71.3 cm³/mol. The van der Waals surface area contributed by atoms with Crippen molar-refractivity contribution in [1.29, 1.82) is 0 Å². The quantitative estimate of drug-likeness (QED) is 0.797. The smallest absolute Gasteiger partial charge is 0.143 e. The first-order valence-corrected chi connectivity index (χ1v) is 7.14. The van der Waals surface area contributed by atoms with Gasteiger partial charge in [0, 0.05) is 12.7 Å². The van der Waals surface area contributed by atoms with Gasteiger partial charge in [0.25, 0.3) is 0 Å². The summed E-state index contributed by atoms with van der Waals surface area (Å²) in [6.45, 7) is 1.78. The van der Waals surface area contributed by atoms with Crippen molar-refractivity contribution in [3.63, 3.8) is 0 Å². The standard InChI is InChI=1S/C13H17BrN2O/c14-10-4-3-7-15-13(10)16-8-9-17-12-6-2-1-5-11(12)16/h3-4,7,11-12H,1-2,5-6,8-9H2. The molecular weight excluding hydrogens is 280 g/mol. The zero-order chi connectivity index (χ0) is 11.7. The first-order valence-electron chi connectivity index (χ1n) is 6.35. The Kier molecular flexibility index (Phi) is 3.34. The Balaban J connectivity index is 1.88. The zero-order valence-electron chi connectivity index (χ0n) is 9.81. The van der Waals surface area contributed by atoms with Crippen molar-refractivity contribution in [2.75, 3.05) is 18.1 Å². The number of pyridine rings is 1. The molecular formula is C13H17BrN2O. The van der Waals surface area contributed by atoms with E-state index in [0.717, 1.165) is 23.4 Å². The number of anilines is 1. The lowest BCUT2D eigenvalue weighted by molar-refractivity contribution is -0.00904. The fraction of sp³-hybridized carbons (Fsp3) is 0.615. The summed E-state index contributed by atoms with van der Waals surface area (Å²) in [6, 6.07) is 4.55. The minimum atomic E-state index is 0.409. The Morgan fingerprint density at radius 2 is 2.24 bits per heavy atom. The van der Waals surface area contributed by atoms with E-state index in [9.17, 15) is 0 Å². The van der Waals surface area contributed by atoms with Crippen molar-refractivity contribution in [3.8, 4) is 0 Å². The number of rotatable bonds is 1. The molecule has 4 heteroatoms. The lowest BCUT2D eigenvalue weighted by Gasteiger charge is -2.44. The van der Waals surface area contributed by atoms with E-state index >= 15 is 0 Å². The first-order chi connectivity index (χ1) is 8.36. The van der Waals surface area contributed by atoms with Crippen LogP contribution in [0.3, 0.4) is 0 Å². The number of fused-ring (bicyclic) bond motifs is 1. The monoisotopic (exact) mass is 296 g/mol. The van der Waals surface area contributed by atoms with Crippen LogP contribution < -0.4 is 4.90 Å². The van der Waals surface area contributed by atoms with E-state index in [4.69, 9.17) is 4.74 Å². The summed E-state index contributed by atoms with van der Waals surface area (Å²) in [5.74, 6) is 1.08. The molecule has 2 heterocycles. The Morgan fingerprint density at radius 3 is 3.12 bits per heavy atom. The Hall–Kier alpha value is -0.610. The molecule has 0 aromatic carbocycles. The molecule has 2 unspecified atom stereocenters. The highest BCUT2D eigenvalue weighted by Gasteiger charge is 2.35. The molecule has 1 aliphatic heterocycles. The summed E-state index contributed by atoms with van der Waals surface area (Å²) in [5.41, 5.74) is 0. The van der Waals surface area contributed by atoms with E-state index in [1.54, 1.807) is 0 Å². The maximum absolute atomic E-state index is 5.89. The van der Waals surface area contributed by atoms with Crippen molar-refractivity contribution in [3.05, 3.63) is 22.8 Å². The van der Waals surface area contributed by atoms with E-state index < -0.39 is 0 Å². The molecule has 1 aromatic rings. The van der Waals surface area contributed by atoms with Gasteiger partial charge in [0.15, 0.2) is 0 Å². The van der Waals surface area contributed by atoms with Crippen LogP contribution in [0.2, 0.25) is 0 Å². The highest BCUT2D eigenvalue weighted by atomic mass is 79.9. The summed E-state index contributed by atoms with van der Waals surface area (Å²) in [5, 5.41) is 0. The maximum atomic E-state index is 5.89. The van der Waals surface area contributed by atoms with Crippen molar-refractivity contribution in [1.82, 2.24) is 4.98 Å². The number of hydrogen-bond donors (Lipinski definition) is 0. The van der Waals surface area contributed by atoms with Crippen LogP contribution >= 0.6 is 15.9 Å². The van der Waals surface area contributed by atoms with Crippen LogP contribution in [0.25, 0.3) is 0 Å². The van der Waals surface area contributed by atoms with Crippen LogP contribution in [0, 0.1) is 0 Å². The molecule has 0 radical (unpaired) electrons. The first kappa shape index (κ1) is 11.5. The summed E-state index contributed by atoms with van der Waals surface area (Å²) >= 11 is 3.60. The van der Waals surface area contributed by atoms with E-state index in [1.807, 2.05) is 12.3 Å². The summed E-state index contributed by atoms with van der Waals surface area (Å²) in [7, 11) is 0. The van der Waals surface area contributed by atoms with Gasteiger partial charge < -0.3 is 9.64 Å². The second-order valence-corrected chi connectivity index (χ2v) is 5.62. The molecule has 0 bridgehead atoms. The molecule has 0 N–H and O–H groups in total. The van der Waals surface area contributed by atoms with Gasteiger partial charge in [-0.2, -0.15) is 0 Å². The molecule has 0 amide bonds. The zero-order valence-corrected chi connectivity index (χ0v) is 11.4. The van der Waals surface area contributed by atoms with Gasteiger partial charge in [-0.05, 0) is 40.9 Å². The molecule has 2 fully saturated rings. The molecule has 17 heavy (non-hydrogen) atoms. The Bertz CT molecular complexity index is 397. The van der Waals surface area contributed by atoms with E-state index in [2.05, 4.69) is 31.9 Å². The van der Waals surface area contributed by atoms with Gasteiger partial charge in [0.05, 0.1) is 23.2 Å². The minimum Gasteiger partial charge on any atom is -0.374 e. The molecule has 1 aliphatic carbocycles. The van der Waals surface area contributed by atoms with Gasteiger partial charge >= 0.3 is 0 Å². The average molecular weight is 297 g/mol. The number of halogens is 1. The average Bonchev–Trinajstić information content (AvgIpc) is 2.39. The number of aromatic nitrogens is 1. The summed E-state index contributed by atoms with van der Waals surface area (Å²) < 4.78 is 6.98. The Labute approximate surface area is 110 Å². The van der Waals surface area contributed by atoms with Crippen molar-refractivity contribution >= 4 is 21.7 Å². The van der Waals surface area contributed by atoms with Crippen molar-refractivity contribution in [2.24, 2.45) is 0 Å². The Morgan fingerprint density at radius 1 is 1.35 bits per heavy atom. The predicted octanol–water partition coefficient (Wildman–Crippen LogP) is 2.99. The van der Waals surface area contributed by atoms with Gasteiger partial charge in [-0.1, -0.05) is 12.8 Å². The molecule has 0 spiro atoms. The fourth-order valence-electron chi connectivity index (χ4n) is 2.95. The summed E-state index contributed by atoms with van der Waals surface area (Å²) in [6.07, 6.45) is 7.32. The normalized spacial score (nSPS) is 28.9. The van der Waals surface area contributed by atoms with E-state index in [-0.39, 0.29) is 0 Å². The maximum Gasteiger partial charge on any atom is 0.143 e. The van der Waals surface area contributed by atoms with E-state index in [1.165, 1.54) is 25.7 Å². The topological polar surface area (TPSA) is 25.4 Å². The molecule has 3 nitrogen and oxygen atoms in total. The molecule has 92 valence electrons. The van der Waals surface area contributed by atoms with Crippen molar-refractivity contribution in [2.45, 2.75) is 37.8 Å².